The van der Waals surface area contributed by atoms with E-state index in [-0.39, 0.29) is 9.90 Å². The lowest BCUT2D eigenvalue weighted by molar-refractivity contribution is 1.20. The lowest BCUT2D eigenvalue weighted by Crippen LogP contribution is -1.72. The second kappa shape index (κ2) is 3.57. The van der Waals surface area contributed by atoms with Gasteiger partial charge in [-0.05, 0) is 19.1 Å². The first kappa shape index (κ1) is 7.58. The summed E-state index contributed by atoms with van der Waals surface area (Å²) in [4.78, 5) is 3.98. The summed E-state index contributed by atoms with van der Waals surface area (Å²) in [6.45, 7) is 1.97. The summed E-state index contributed by atoms with van der Waals surface area (Å²) in [5.41, 5.74) is 1.07. The van der Waals surface area contributed by atoms with Crippen molar-refractivity contribution in [2.75, 3.05) is 0 Å². The molecule has 0 aliphatic heterocycles. The highest BCUT2D eigenvalue weighted by Crippen LogP contribution is 1.85. The van der Waals surface area contributed by atoms with Gasteiger partial charge in [-0.1, -0.05) is 6.07 Å². The molecule has 0 aliphatic carbocycles. The van der Waals surface area contributed by atoms with Crippen LogP contribution in [-0.4, -0.2) is 4.98 Å². The molecule has 41 valence electrons. The highest BCUT2D eigenvalue weighted by atomic mass is 31.0. The summed E-state index contributed by atoms with van der Waals surface area (Å²) >= 11 is 0. The number of aromatic nitrogens is 1. The Balaban J connectivity index is 0.000000490. The molecular weight excluding hydrogens is 117 g/mol. The molecule has 0 saturated carbocycles. The Labute approximate surface area is 52.8 Å². The summed E-state index contributed by atoms with van der Waals surface area (Å²) in [6.07, 6.45) is 1.79. The van der Waals surface area contributed by atoms with E-state index in [0.29, 0.717) is 0 Å². The van der Waals surface area contributed by atoms with E-state index in [0.717, 1.165) is 5.69 Å². The third-order valence-electron chi connectivity index (χ3n) is 0.813. The van der Waals surface area contributed by atoms with Crippen molar-refractivity contribution in [3.8, 4) is 0 Å². The highest BCUT2D eigenvalue weighted by Gasteiger charge is 1.73. The first-order chi connectivity index (χ1) is 3.39. The Hall–Kier alpha value is -0.420. The quantitative estimate of drug-likeness (QED) is 0.483. The van der Waals surface area contributed by atoms with Crippen LogP contribution in [0.25, 0.3) is 0 Å². The highest BCUT2D eigenvalue weighted by molar-refractivity contribution is 6.92. The van der Waals surface area contributed by atoms with Gasteiger partial charge in [0.1, 0.15) is 0 Å². The normalized spacial score (nSPS) is 7.62. The van der Waals surface area contributed by atoms with Crippen molar-refractivity contribution < 1.29 is 0 Å². The minimum Gasteiger partial charge on any atom is -0.262 e. The van der Waals surface area contributed by atoms with Gasteiger partial charge in [0, 0.05) is 21.8 Å². The van der Waals surface area contributed by atoms with Crippen molar-refractivity contribution in [2.45, 2.75) is 6.92 Å². The fourth-order valence-electron chi connectivity index (χ4n) is 0.448. The predicted octanol–water partition coefficient (Wildman–Crippen LogP) is 2.25. The Bertz CT molecular complexity index is 138. The molecule has 1 aromatic rings. The summed E-state index contributed by atoms with van der Waals surface area (Å²) in [5.74, 6) is 0. The molecule has 0 saturated heterocycles. The van der Waals surface area contributed by atoms with Crippen LogP contribution in [0.15, 0.2) is 24.4 Å². The van der Waals surface area contributed by atoms with Crippen LogP contribution in [0, 0.1) is 6.92 Å². The van der Waals surface area contributed by atoms with Gasteiger partial charge in [-0.3, -0.25) is 4.98 Å². The summed E-state index contributed by atoms with van der Waals surface area (Å²) in [6, 6.07) is 5.86. The Morgan fingerprint density at radius 3 is 2.38 bits per heavy atom. The Morgan fingerprint density at radius 2 is 2.12 bits per heavy atom. The molecular formula is C6H7NP. The zero-order valence-corrected chi connectivity index (χ0v) is 5.60. The van der Waals surface area contributed by atoms with Crippen molar-refractivity contribution in [1.29, 1.82) is 0 Å². The Kier molecular flexibility index (Phi) is 3.38. The molecule has 2 heteroatoms. The van der Waals surface area contributed by atoms with Crippen LogP contribution in [-0.2, 0) is 0 Å². The van der Waals surface area contributed by atoms with Crippen LogP contribution in [0.3, 0.4) is 0 Å². The van der Waals surface area contributed by atoms with Crippen LogP contribution in [0.2, 0.25) is 0 Å². The number of hydrogen-bond donors (Lipinski definition) is 0. The van der Waals surface area contributed by atoms with Gasteiger partial charge in [0.15, 0.2) is 0 Å². The Morgan fingerprint density at radius 1 is 1.38 bits per heavy atom. The molecule has 8 heavy (non-hydrogen) atoms. The zero-order valence-electron chi connectivity index (χ0n) is 4.70. The molecule has 3 radical (unpaired) electrons. The van der Waals surface area contributed by atoms with Crippen LogP contribution in [0.5, 0.6) is 0 Å². The molecule has 0 unspecified atom stereocenters. The van der Waals surface area contributed by atoms with Crippen molar-refractivity contribution >= 4 is 9.90 Å². The van der Waals surface area contributed by atoms with Crippen LogP contribution >= 0.6 is 9.90 Å². The van der Waals surface area contributed by atoms with Gasteiger partial charge in [-0.2, -0.15) is 0 Å². The lowest BCUT2D eigenvalue weighted by atomic mass is 10.4. The minimum absolute atomic E-state index is 0. The number of aryl methyl sites for hydroxylation is 1. The topological polar surface area (TPSA) is 12.9 Å². The van der Waals surface area contributed by atoms with E-state index < -0.39 is 0 Å². The number of pyridine rings is 1. The van der Waals surface area contributed by atoms with E-state index in [9.17, 15) is 0 Å². The number of nitrogens with zero attached hydrogens (tertiary/aromatic N) is 1. The standard InChI is InChI=1S/C6H7N.P/c1-6-4-2-3-5-7-6;/h2-5H,1H3;. The van der Waals surface area contributed by atoms with E-state index in [4.69, 9.17) is 0 Å². The van der Waals surface area contributed by atoms with Gasteiger partial charge in [0.25, 0.3) is 0 Å². The van der Waals surface area contributed by atoms with Crippen LogP contribution in [0.4, 0.5) is 0 Å². The van der Waals surface area contributed by atoms with Gasteiger partial charge < -0.3 is 0 Å². The summed E-state index contributed by atoms with van der Waals surface area (Å²) in [5, 5.41) is 0. The largest absolute Gasteiger partial charge is 0.262 e. The first-order valence-corrected chi connectivity index (χ1v) is 2.27. The fraction of sp³-hybridized carbons (Fsp3) is 0.167. The maximum atomic E-state index is 3.98. The van der Waals surface area contributed by atoms with E-state index in [1.165, 1.54) is 0 Å². The first-order valence-electron chi connectivity index (χ1n) is 2.27. The van der Waals surface area contributed by atoms with E-state index in [2.05, 4.69) is 4.98 Å². The third-order valence-corrected chi connectivity index (χ3v) is 0.813. The van der Waals surface area contributed by atoms with Crippen molar-refractivity contribution in [2.24, 2.45) is 0 Å². The number of hydrogen-bond acceptors (Lipinski definition) is 1. The molecule has 1 aromatic heterocycles. The predicted molar refractivity (Wildman–Crippen MR) is 35.9 cm³/mol. The van der Waals surface area contributed by atoms with Crippen molar-refractivity contribution in [1.82, 2.24) is 4.98 Å². The average molecular weight is 124 g/mol. The second-order valence-electron chi connectivity index (χ2n) is 1.47. The monoisotopic (exact) mass is 124 g/mol. The molecule has 1 nitrogen and oxygen atoms in total. The summed E-state index contributed by atoms with van der Waals surface area (Å²) < 4.78 is 0. The van der Waals surface area contributed by atoms with Crippen LogP contribution < -0.4 is 0 Å². The fourth-order valence-corrected chi connectivity index (χ4v) is 0.448. The van der Waals surface area contributed by atoms with Gasteiger partial charge in [-0.15, -0.1) is 0 Å². The van der Waals surface area contributed by atoms with Gasteiger partial charge >= 0.3 is 0 Å². The molecule has 0 aromatic carbocycles. The second-order valence-corrected chi connectivity index (χ2v) is 1.47. The van der Waals surface area contributed by atoms with Gasteiger partial charge in [-0.25, -0.2) is 0 Å². The van der Waals surface area contributed by atoms with E-state index in [1.807, 2.05) is 25.1 Å². The maximum absolute atomic E-state index is 3.98. The smallest absolute Gasteiger partial charge is 0.0372 e. The third kappa shape index (κ3) is 2.04. The molecule has 1 rings (SSSR count). The van der Waals surface area contributed by atoms with Crippen molar-refractivity contribution in [3.05, 3.63) is 30.1 Å². The number of rotatable bonds is 0. The van der Waals surface area contributed by atoms with E-state index >= 15 is 0 Å². The van der Waals surface area contributed by atoms with Crippen molar-refractivity contribution in [3.63, 3.8) is 0 Å². The molecule has 0 atom stereocenters. The zero-order chi connectivity index (χ0) is 5.11. The lowest BCUT2D eigenvalue weighted by Gasteiger charge is -1.82. The molecule has 0 N–H and O–H groups in total. The van der Waals surface area contributed by atoms with Gasteiger partial charge in [0.05, 0.1) is 0 Å². The SMILES string of the molecule is Cc1ccccn1.[P]. The molecule has 0 bridgehead atoms. The molecule has 0 spiro atoms. The molecule has 1 heterocycles. The van der Waals surface area contributed by atoms with E-state index in [1.54, 1.807) is 6.20 Å². The minimum atomic E-state index is 0. The van der Waals surface area contributed by atoms with Gasteiger partial charge in [0.2, 0.25) is 0 Å². The molecule has 0 fully saturated rings. The van der Waals surface area contributed by atoms with Crippen LogP contribution in [0.1, 0.15) is 5.69 Å². The summed E-state index contributed by atoms with van der Waals surface area (Å²) in [7, 11) is 0. The molecule has 0 amide bonds. The molecule has 0 aliphatic rings. The maximum Gasteiger partial charge on any atom is 0.0372 e. The average Bonchev–Trinajstić information content (AvgIpc) is 1.69.